The number of nitrogens with zero attached hydrogens (tertiary/aromatic N) is 3. The molecule has 0 bridgehead atoms. The lowest BCUT2D eigenvalue weighted by atomic mass is 9.89. The zero-order valence-electron chi connectivity index (χ0n) is 29.6. The summed E-state index contributed by atoms with van der Waals surface area (Å²) in [5.41, 5.74) is 0.237. The van der Waals surface area contributed by atoms with Crippen LogP contribution < -0.4 is 19.7 Å². The standard InChI is InChI=1S/C35H35F6N5O8S2/c1-20-43-24(18-55-20)29(47)46-13-15-52-33(19-46)8-10-45(11-9-33)12-14-51-22-4-2-21(3-5-22)16-42-17-26(54-31(49)35(39,40)41)23-6-7-25(53-30(48)34(36,37)38)27-28(23)56-32(50)44-27/h2-7,18,26,42H,8-17,19H2,1H3,(H,44,50)/t26-/m0/s1. The van der Waals surface area contributed by atoms with Crippen LogP contribution >= 0.6 is 22.7 Å². The second-order valence-electron chi connectivity index (χ2n) is 13.1. The van der Waals surface area contributed by atoms with Crippen LogP contribution in [-0.2, 0) is 25.6 Å². The van der Waals surface area contributed by atoms with E-state index in [2.05, 4.69) is 24.9 Å². The number of carbonyl (C=O) groups is 3. The summed E-state index contributed by atoms with van der Waals surface area (Å²) in [4.78, 5) is 58.2. The van der Waals surface area contributed by atoms with Gasteiger partial charge in [0, 0.05) is 50.2 Å². The summed E-state index contributed by atoms with van der Waals surface area (Å²) < 4.78 is 99.1. The van der Waals surface area contributed by atoms with Gasteiger partial charge in [0.05, 0.1) is 28.5 Å². The Morgan fingerprint density at radius 3 is 2.39 bits per heavy atom. The molecule has 6 rings (SSSR count). The molecule has 0 unspecified atom stereocenters. The molecule has 56 heavy (non-hydrogen) atoms. The number of aromatic amines is 1. The Morgan fingerprint density at radius 2 is 1.73 bits per heavy atom. The van der Waals surface area contributed by atoms with Gasteiger partial charge >= 0.3 is 29.2 Å². The van der Waals surface area contributed by atoms with Crippen LogP contribution in [0.1, 0.15) is 45.6 Å². The molecule has 2 saturated heterocycles. The number of ether oxygens (including phenoxy) is 4. The number of nitrogens with one attached hydrogen (secondary N) is 2. The Bertz CT molecular complexity index is 2090. The summed E-state index contributed by atoms with van der Waals surface area (Å²) in [5, 5.41) is 5.53. The molecule has 1 spiro atoms. The minimum Gasteiger partial charge on any atom is -0.492 e. The largest absolute Gasteiger partial charge is 0.492 e. The predicted molar refractivity (Wildman–Crippen MR) is 190 cm³/mol. The molecule has 2 N–H and O–H groups in total. The van der Waals surface area contributed by atoms with Crippen molar-refractivity contribution in [3.05, 3.63) is 73.3 Å². The number of benzene rings is 2. The third-order valence-electron chi connectivity index (χ3n) is 9.23. The van der Waals surface area contributed by atoms with Crippen LogP contribution in [0.3, 0.4) is 0 Å². The highest BCUT2D eigenvalue weighted by Crippen LogP contribution is 2.36. The SMILES string of the molecule is Cc1nc(C(=O)N2CCOC3(CCN(CCOc4ccc(CNC[C@H](OC(=O)C(F)(F)F)c5ccc(OC(=O)C(F)(F)F)c6[nH]c(=O)sc56)cc4)CC3)C2)cs1. The number of hydrogen-bond donors (Lipinski definition) is 2. The average Bonchev–Trinajstić information content (AvgIpc) is 3.77. The maximum Gasteiger partial charge on any atom is 0.491 e. The molecule has 2 aliphatic rings. The number of hydrogen-bond acceptors (Lipinski definition) is 13. The van der Waals surface area contributed by atoms with Gasteiger partial charge in [-0.2, -0.15) is 26.3 Å². The quantitative estimate of drug-likeness (QED) is 0.111. The second kappa shape index (κ2) is 16.9. The summed E-state index contributed by atoms with van der Waals surface area (Å²) in [5.74, 6) is -5.29. The van der Waals surface area contributed by atoms with E-state index in [0.717, 1.165) is 43.1 Å². The van der Waals surface area contributed by atoms with E-state index in [1.165, 1.54) is 11.3 Å². The molecule has 0 saturated carbocycles. The number of esters is 2. The van der Waals surface area contributed by atoms with Crippen molar-refractivity contribution in [3.8, 4) is 11.5 Å². The highest BCUT2D eigenvalue weighted by atomic mass is 32.1. The maximum atomic E-state index is 13.2. The van der Waals surface area contributed by atoms with Crippen LogP contribution in [0, 0.1) is 6.92 Å². The van der Waals surface area contributed by atoms with Gasteiger partial charge in [0.25, 0.3) is 5.91 Å². The van der Waals surface area contributed by atoms with Gasteiger partial charge in [-0.15, -0.1) is 11.3 Å². The smallest absolute Gasteiger partial charge is 0.491 e. The van der Waals surface area contributed by atoms with Gasteiger partial charge in [-0.3, -0.25) is 14.5 Å². The highest BCUT2D eigenvalue weighted by Gasteiger charge is 2.44. The number of H-pyrrole nitrogens is 1. The topological polar surface area (TPSA) is 152 Å². The van der Waals surface area contributed by atoms with Gasteiger partial charge in [-0.05, 0) is 49.6 Å². The van der Waals surface area contributed by atoms with E-state index >= 15 is 0 Å². The summed E-state index contributed by atoms with van der Waals surface area (Å²) >= 11 is 1.87. The first kappa shape index (κ1) is 41.1. The van der Waals surface area contributed by atoms with Gasteiger partial charge in [0.1, 0.15) is 29.7 Å². The number of alkyl halides is 6. The Balaban J connectivity index is 0.999. The first-order valence-electron chi connectivity index (χ1n) is 17.2. The monoisotopic (exact) mass is 831 g/mol. The third kappa shape index (κ3) is 10.0. The summed E-state index contributed by atoms with van der Waals surface area (Å²) in [6, 6.07) is 8.76. The number of halogens is 6. The van der Waals surface area contributed by atoms with Crippen molar-refractivity contribution in [1.29, 1.82) is 0 Å². The fraction of sp³-hybridized carbons (Fsp3) is 0.457. The van der Waals surface area contributed by atoms with Crippen molar-refractivity contribution in [2.45, 2.75) is 50.4 Å². The summed E-state index contributed by atoms with van der Waals surface area (Å²) in [6.45, 7) is 5.69. The Hall–Kier alpha value is -4.57. The molecule has 21 heteroatoms. The number of aromatic nitrogens is 2. The van der Waals surface area contributed by atoms with E-state index in [0.29, 0.717) is 61.2 Å². The molecule has 2 aromatic carbocycles. The molecule has 2 aliphatic heterocycles. The zero-order chi connectivity index (χ0) is 40.3. The van der Waals surface area contributed by atoms with Crippen molar-refractivity contribution >= 4 is 50.7 Å². The lowest BCUT2D eigenvalue weighted by Gasteiger charge is -2.47. The van der Waals surface area contributed by atoms with E-state index in [4.69, 9.17) is 14.2 Å². The summed E-state index contributed by atoms with van der Waals surface area (Å²) in [7, 11) is 0. The molecule has 1 atom stereocenters. The zero-order valence-corrected chi connectivity index (χ0v) is 31.2. The van der Waals surface area contributed by atoms with Crippen LogP contribution in [0.5, 0.6) is 11.5 Å². The minimum absolute atomic E-state index is 0.0748. The summed E-state index contributed by atoms with van der Waals surface area (Å²) in [6.07, 6.45) is -10.9. The number of rotatable bonds is 12. The van der Waals surface area contributed by atoms with Gasteiger partial charge in [-0.25, -0.2) is 14.6 Å². The first-order chi connectivity index (χ1) is 26.5. The molecular formula is C35H35F6N5O8S2. The lowest BCUT2D eigenvalue weighted by molar-refractivity contribution is -0.205. The Labute approximate surface area is 322 Å². The first-order valence-corrected chi connectivity index (χ1v) is 18.9. The van der Waals surface area contributed by atoms with Crippen LogP contribution in [0.25, 0.3) is 10.2 Å². The number of piperidine rings is 1. The van der Waals surface area contributed by atoms with E-state index in [1.54, 1.807) is 29.6 Å². The van der Waals surface area contributed by atoms with Crippen LogP contribution in [0.15, 0.2) is 46.6 Å². The fourth-order valence-electron chi connectivity index (χ4n) is 6.41. The molecule has 2 aromatic heterocycles. The predicted octanol–water partition coefficient (Wildman–Crippen LogP) is 5.14. The van der Waals surface area contributed by atoms with Crippen molar-refractivity contribution in [3.63, 3.8) is 0 Å². The molecule has 302 valence electrons. The molecule has 4 aromatic rings. The van der Waals surface area contributed by atoms with Crippen LogP contribution in [0.4, 0.5) is 26.3 Å². The van der Waals surface area contributed by atoms with Gasteiger partial charge in [-0.1, -0.05) is 23.5 Å². The number of amides is 1. The van der Waals surface area contributed by atoms with Crippen LogP contribution in [-0.4, -0.2) is 108 Å². The number of fused-ring (bicyclic) bond motifs is 1. The van der Waals surface area contributed by atoms with Gasteiger partial charge < -0.3 is 34.1 Å². The number of morpholine rings is 1. The van der Waals surface area contributed by atoms with E-state index < -0.39 is 53.2 Å². The van der Waals surface area contributed by atoms with Crippen molar-refractivity contribution in [1.82, 2.24) is 25.1 Å². The van der Waals surface area contributed by atoms with Crippen molar-refractivity contribution < 1.29 is 59.7 Å². The highest BCUT2D eigenvalue weighted by molar-refractivity contribution is 7.16. The minimum atomic E-state index is -5.37. The molecule has 2 fully saturated rings. The fourth-order valence-corrected chi connectivity index (χ4v) is 7.91. The molecule has 0 aliphatic carbocycles. The Morgan fingerprint density at radius 1 is 1.02 bits per heavy atom. The molecule has 4 heterocycles. The molecule has 1 amide bonds. The third-order valence-corrected chi connectivity index (χ3v) is 10.9. The van der Waals surface area contributed by atoms with Crippen molar-refractivity contribution in [2.24, 2.45) is 0 Å². The number of aryl methyl sites for hydroxylation is 1. The maximum absolute atomic E-state index is 13.2. The number of likely N-dealkylation sites (tertiary alicyclic amines) is 1. The van der Waals surface area contributed by atoms with Crippen molar-refractivity contribution in [2.75, 3.05) is 52.5 Å². The van der Waals surface area contributed by atoms with Gasteiger partial charge in [0.2, 0.25) is 0 Å². The van der Waals surface area contributed by atoms with Gasteiger partial charge in [0.15, 0.2) is 5.75 Å². The number of thiazole rings is 2. The molecule has 0 radical (unpaired) electrons. The van der Waals surface area contributed by atoms with E-state index in [9.17, 15) is 45.5 Å². The number of carbonyl (C=O) groups excluding carboxylic acids is 3. The van der Waals surface area contributed by atoms with E-state index in [-0.39, 0.29) is 28.2 Å². The van der Waals surface area contributed by atoms with E-state index in [1.807, 2.05) is 11.8 Å². The average molecular weight is 832 g/mol. The molecular weight excluding hydrogens is 797 g/mol. The normalized spacial score (nSPS) is 16.9. The lowest BCUT2D eigenvalue weighted by Crippen LogP contribution is -2.58. The second-order valence-corrected chi connectivity index (χ2v) is 15.2. The van der Waals surface area contributed by atoms with Crippen LogP contribution in [0.2, 0.25) is 0 Å². The Kier molecular flexibility index (Phi) is 12.4. The molecule has 13 nitrogen and oxygen atoms in total.